The Kier molecular flexibility index (Phi) is 3.66. The smallest absolute Gasteiger partial charge is 0.147 e. The predicted octanol–water partition coefficient (Wildman–Crippen LogP) is 1.34. The van der Waals surface area contributed by atoms with Crippen LogP contribution in [0.4, 0.5) is 5.82 Å². The quantitative estimate of drug-likeness (QED) is 0.887. The van der Waals surface area contributed by atoms with E-state index in [4.69, 9.17) is 4.74 Å². The molecule has 0 radical (unpaired) electrons. The van der Waals surface area contributed by atoms with Crippen LogP contribution in [0.1, 0.15) is 32.4 Å². The van der Waals surface area contributed by atoms with Gasteiger partial charge in [0.05, 0.1) is 30.3 Å². The standard InChI is InChI=1S/C14H22N4O/c1-10-8-18(9-11(2)19-10)14-7-16-13(6-17-14)5-15-12-3-4-12/h6-7,10-12,15H,3-5,8-9H2,1-2H3. The third-order valence-corrected chi connectivity index (χ3v) is 3.58. The van der Waals surface area contributed by atoms with Crippen LogP contribution in [-0.4, -0.2) is 41.3 Å². The number of aromatic nitrogens is 2. The molecule has 3 rings (SSSR count). The Hall–Kier alpha value is -1.20. The highest BCUT2D eigenvalue weighted by Gasteiger charge is 2.23. The molecule has 0 spiro atoms. The second-order valence-electron chi connectivity index (χ2n) is 5.68. The van der Waals surface area contributed by atoms with E-state index in [-0.39, 0.29) is 12.2 Å². The van der Waals surface area contributed by atoms with Gasteiger partial charge in [-0.15, -0.1) is 0 Å². The Morgan fingerprint density at radius 2 is 1.95 bits per heavy atom. The van der Waals surface area contributed by atoms with Crippen LogP contribution in [0.5, 0.6) is 0 Å². The van der Waals surface area contributed by atoms with E-state index in [9.17, 15) is 0 Å². The second kappa shape index (κ2) is 5.43. The number of anilines is 1. The minimum atomic E-state index is 0.252. The highest BCUT2D eigenvalue weighted by Crippen LogP contribution is 2.20. The summed E-state index contributed by atoms with van der Waals surface area (Å²) in [5.74, 6) is 0.956. The third kappa shape index (κ3) is 3.42. The first kappa shape index (κ1) is 12.8. The summed E-state index contributed by atoms with van der Waals surface area (Å²) in [6.45, 7) is 6.80. The number of nitrogens with zero attached hydrogens (tertiary/aromatic N) is 3. The van der Waals surface area contributed by atoms with Gasteiger partial charge in [0, 0.05) is 25.7 Å². The van der Waals surface area contributed by atoms with Crippen molar-refractivity contribution in [1.29, 1.82) is 0 Å². The van der Waals surface area contributed by atoms with Gasteiger partial charge in [0.25, 0.3) is 0 Å². The number of rotatable bonds is 4. The molecule has 1 aromatic heterocycles. The molecule has 2 atom stereocenters. The third-order valence-electron chi connectivity index (χ3n) is 3.58. The average Bonchev–Trinajstić information content (AvgIpc) is 3.20. The Balaban J connectivity index is 1.60. The maximum atomic E-state index is 5.73. The fourth-order valence-electron chi connectivity index (χ4n) is 2.50. The van der Waals surface area contributed by atoms with Gasteiger partial charge in [0.15, 0.2) is 0 Å². The first-order chi connectivity index (χ1) is 9.20. The van der Waals surface area contributed by atoms with Crippen LogP contribution in [0.2, 0.25) is 0 Å². The number of nitrogens with one attached hydrogen (secondary N) is 1. The summed E-state index contributed by atoms with van der Waals surface area (Å²) in [4.78, 5) is 11.3. The van der Waals surface area contributed by atoms with Gasteiger partial charge in [-0.25, -0.2) is 4.98 Å². The summed E-state index contributed by atoms with van der Waals surface area (Å²) >= 11 is 0. The van der Waals surface area contributed by atoms with Crippen molar-refractivity contribution in [3.63, 3.8) is 0 Å². The predicted molar refractivity (Wildman–Crippen MR) is 74.1 cm³/mol. The molecule has 1 saturated carbocycles. The Labute approximate surface area is 114 Å². The lowest BCUT2D eigenvalue weighted by molar-refractivity contribution is -0.00547. The van der Waals surface area contributed by atoms with E-state index >= 15 is 0 Å². The first-order valence-electron chi connectivity index (χ1n) is 7.15. The van der Waals surface area contributed by atoms with Gasteiger partial charge in [-0.05, 0) is 26.7 Å². The van der Waals surface area contributed by atoms with E-state index in [1.54, 1.807) is 0 Å². The molecule has 2 unspecified atom stereocenters. The largest absolute Gasteiger partial charge is 0.372 e. The maximum Gasteiger partial charge on any atom is 0.147 e. The second-order valence-corrected chi connectivity index (χ2v) is 5.68. The molecule has 0 aromatic carbocycles. The summed E-state index contributed by atoms with van der Waals surface area (Å²) in [6.07, 6.45) is 6.87. The molecule has 104 valence electrons. The lowest BCUT2D eigenvalue weighted by Crippen LogP contribution is -2.45. The number of ether oxygens (including phenoxy) is 1. The lowest BCUT2D eigenvalue weighted by atomic mass is 10.2. The monoisotopic (exact) mass is 262 g/mol. The highest BCUT2D eigenvalue weighted by atomic mass is 16.5. The molecule has 5 heteroatoms. The highest BCUT2D eigenvalue weighted by molar-refractivity contribution is 5.36. The van der Waals surface area contributed by atoms with Gasteiger partial charge < -0.3 is 15.0 Å². The van der Waals surface area contributed by atoms with Gasteiger partial charge in [0.2, 0.25) is 0 Å². The molecule has 1 aliphatic heterocycles. The molecule has 2 heterocycles. The van der Waals surface area contributed by atoms with Crippen molar-refractivity contribution in [3.8, 4) is 0 Å². The van der Waals surface area contributed by atoms with Gasteiger partial charge in [-0.1, -0.05) is 0 Å². The molecule has 2 fully saturated rings. The van der Waals surface area contributed by atoms with Crippen molar-refractivity contribution in [2.75, 3.05) is 18.0 Å². The van der Waals surface area contributed by atoms with Crippen LogP contribution in [0.3, 0.4) is 0 Å². The van der Waals surface area contributed by atoms with E-state index in [0.29, 0.717) is 6.04 Å². The van der Waals surface area contributed by atoms with E-state index in [1.165, 1.54) is 12.8 Å². The molecule has 19 heavy (non-hydrogen) atoms. The summed E-state index contributed by atoms with van der Waals surface area (Å²) in [6, 6.07) is 0.711. The van der Waals surface area contributed by atoms with E-state index in [0.717, 1.165) is 31.1 Å². The molecule has 2 aliphatic rings. The van der Waals surface area contributed by atoms with Crippen molar-refractivity contribution >= 4 is 5.82 Å². The van der Waals surface area contributed by atoms with E-state index < -0.39 is 0 Å². The molecule has 1 aliphatic carbocycles. The van der Waals surface area contributed by atoms with Crippen molar-refractivity contribution in [1.82, 2.24) is 15.3 Å². The number of hydrogen-bond acceptors (Lipinski definition) is 5. The summed E-state index contributed by atoms with van der Waals surface area (Å²) < 4.78 is 5.73. The van der Waals surface area contributed by atoms with Crippen LogP contribution in [0, 0.1) is 0 Å². The van der Waals surface area contributed by atoms with Gasteiger partial charge in [-0.3, -0.25) is 4.98 Å². The molecule has 0 amide bonds. The van der Waals surface area contributed by atoms with Gasteiger partial charge >= 0.3 is 0 Å². The molecule has 1 aromatic rings. The fourth-order valence-corrected chi connectivity index (χ4v) is 2.50. The SMILES string of the molecule is CC1CN(c2cnc(CNC3CC3)cn2)CC(C)O1. The van der Waals surface area contributed by atoms with Crippen molar-refractivity contribution < 1.29 is 4.74 Å². The number of morpholine rings is 1. The van der Waals surface area contributed by atoms with Crippen LogP contribution in [0.15, 0.2) is 12.4 Å². The average molecular weight is 262 g/mol. The van der Waals surface area contributed by atoms with Crippen LogP contribution in [-0.2, 0) is 11.3 Å². The minimum Gasteiger partial charge on any atom is -0.372 e. The Morgan fingerprint density at radius 3 is 2.53 bits per heavy atom. The van der Waals surface area contributed by atoms with Gasteiger partial charge in [0.1, 0.15) is 5.82 Å². The molecule has 0 bridgehead atoms. The summed E-state index contributed by atoms with van der Waals surface area (Å²) in [5, 5.41) is 3.45. The molecular weight excluding hydrogens is 240 g/mol. The van der Waals surface area contributed by atoms with E-state index in [1.807, 2.05) is 12.4 Å². The van der Waals surface area contributed by atoms with E-state index in [2.05, 4.69) is 34.0 Å². The zero-order chi connectivity index (χ0) is 13.2. The molecule has 1 saturated heterocycles. The minimum absolute atomic E-state index is 0.252. The van der Waals surface area contributed by atoms with Gasteiger partial charge in [-0.2, -0.15) is 0 Å². The zero-order valence-corrected chi connectivity index (χ0v) is 11.7. The molecular formula is C14H22N4O. The molecule has 5 nitrogen and oxygen atoms in total. The molecule has 1 N–H and O–H groups in total. The maximum absolute atomic E-state index is 5.73. The lowest BCUT2D eigenvalue weighted by Gasteiger charge is -2.35. The van der Waals surface area contributed by atoms with Crippen LogP contribution in [0.25, 0.3) is 0 Å². The Morgan fingerprint density at radius 1 is 1.21 bits per heavy atom. The van der Waals surface area contributed by atoms with Crippen molar-refractivity contribution in [2.45, 2.75) is 51.5 Å². The summed E-state index contributed by atoms with van der Waals surface area (Å²) in [5.41, 5.74) is 1.02. The van der Waals surface area contributed by atoms with Crippen LogP contribution < -0.4 is 10.2 Å². The van der Waals surface area contributed by atoms with Crippen molar-refractivity contribution in [3.05, 3.63) is 18.1 Å². The number of hydrogen-bond donors (Lipinski definition) is 1. The first-order valence-corrected chi connectivity index (χ1v) is 7.15. The zero-order valence-electron chi connectivity index (χ0n) is 11.7. The Bertz CT molecular complexity index is 408. The topological polar surface area (TPSA) is 50.3 Å². The van der Waals surface area contributed by atoms with Crippen LogP contribution >= 0.6 is 0 Å². The van der Waals surface area contributed by atoms with Crippen molar-refractivity contribution in [2.24, 2.45) is 0 Å². The fraction of sp³-hybridized carbons (Fsp3) is 0.714. The normalized spacial score (nSPS) is 27.6. The summed E-state index contributed by atoms with van der Waals surface area (Å²) in [7, 11) is 0.